The quantitative estimate of drug-likeness (QED) is 0.216. The fourth-order valence-corrected chi connectivity index (χ4v) is 4.46. The molecule has 4 rings (SSSR count). The number of anilines is 2. The summed E-state index contributed by atoms with van der Waals surface area (Å²) in [5.74, 6) is 1.09. The van der Waals surface area contributed by atoms with Crippen molar-refractivity contribution in [2.75, 3.05) is 37.9 Å². The van der Waals surface area contributed by atoms with E-state index in [2.05, 4.69) is 29.0 Å². The average Bonchev–Trinajstić information content (AvgIpc) is 2.88. The summed E-state index contributed by atoms with van der Waals surface area (Å²) in [5.41, 5.74) is 14.7. The smallest absolute Gasteiger partial charge is 0.150 e. The second-order valence-electron chi connectivity index (χ2n) is 8.82. The zero-order chi connectivity index (χ0) is 27.1. The molecule has 2 atom stereocenters. The number of carbonyl (C=O) groups is 1. The lowest BCUT2D eigenvalue weighted by atomic mass is 10.1. The van der Waals surface area contributed by atoms with E-state index in [-0.39, 0.29) is 11.7 Å². The SMILES string of the molecule is CC1CN(c2ccc(C=O)cc2)CC(C)N1.COc1cc(OC)c(Cl)c(-c2ccc(C(=N)N)c(N)n2)c1. The fraction of sp³-hybridized carbons (Fsp3) is 0.296. The Morgan fingerprint density at radius 2 is 1.76 bits per heavy atom. The number of benzene rings is 2. The minimum Gasteiger partial charge on any atom is -0.497 e. The van der Waals surface area contributed by atoms with Gasteiger partial charge in [0.2, 0.25) is 0 Å². The highest BCUT2D eigenvalue weighted by Gasteiger charge is 2.21. The first kappa shape index (κ1) is 27.8. The Labute approximate surface area is 222 Å². The van der Waals surface area contributed by atoms with Crippen molar-refractivity contribution in [1.82, 2.24) is 10.3 Å². The fourth-order valence-electron chi connectivity index (χ4n) is 4.18. The number of carbonyl (C=O) groups excluding carboxylic acids is 1. The molecule has 0 radical (unpaired) electrons. The van der Waals surface area contributed by atoms with Crippen LogP contribution in [0, 0.1) is 5.41 Å². The number of piperazine rings is 1. The van der Waals surface area contributed by atoms with Gasteiger partial charge in [0.15, 0.2) is 0 Å². The molecule has 1 fully saturated rings. The zero-order valence-corrected chi connectivity index (χ0v) is 22.2. The van der Waals surface area contributed by atoms with E-state index in [1.54, 1.807) is 31.4 Å². The molecule has 0 aliphatic carbocycles. The van der Waals surface area contributed by atoms with Gasteiger partial charge in [-0.3, -0.25) is 10.2 Å². The maximum absolute atomic E-state index is 10.6. The van der Waals surface area contributed by atoms with Crippen molar-refractivity contribution in [3.8, 4) is 22.8 Å². The predicted octanol–water partition coefficient (Wildman–Crippen LogP) is 3.97. The number of methoxy groups -OCH3 is 2. The van der Waals surface area contributed by atoms with E-state index in [4.69, 9.17) is 38.0 Å². The zero-order valence-electron chi connectivity index (χ0n) is 21.4. The van der Waals surface area contributed by atoms with Crippen molar-refractivity contribution in [2.45, 2.75) is 25.9 Å². The molecule has 2 unspecified atom stereocenters. The summed E-state index contributed by atoms with van der Waals surface area (Å²) < 4.78 is 10.4. The van der Waals surface area contributed by atoms with E-state index in [9.17, 15) is 4.79 Å². The van der Waals surface area contributed by atoms with Gasteiger partial charge in [-0.1, -0.05) is 11.6 Å². The number of nitrogens with two attached hydrogens (primary N) is 2. The van der Waals surface area contributed by atoms with Crippen LogP contribution < -0.4 is 31.2 Å². The van der Waals surface area contributed by atoms with E-state index < -0.39 is 0 Å². The van der Waals surface area contributed by atoms with Gasteiger partial charge in [0.1, 0.15) is 29.4 Å². The normalized spacial score (nSPS) is 16.8. The van der Waals surface area contributed by atoms with E-state index in [1.165, 1.54) is 12.8 Å². The monoisotopic (exact) mass is 524 g/mol. The van der Waals surface area contributed by atoms with Gasteiger partial charge in [-0.05, 0) is 56.3 Å². The van der Waals surface area contributed by atoms with Crippen LogP contribution in [0.4, 0.5) is 11.5 Å². The molecule has 0 spiro atoms. The van der Waals surface area contributed by atoms with Crippen LogP contribution in [0.1, 0.15) is 29.8 Å². The Morgan fingerprint density at radius 3 is 2.27 bits per heavy atom. The molecule has 9 nitrogen and oxygen atoms in total. The lowest BCUT2D eigenvalue weighted by molar-refractivity contribution is 0.112. The highest BCUT2D eigenvalue weighted by Crippen LogP contribution is 2.38. The topological polar surface area (TPSA) is 140 Å². The standard InChI is InChI=1S/C14H15ClN4O2.C13H18N2O/c1-20-7-5-9(12(15)11(6-7)21-2)10-4-3-8(13(16)17)14(18)19-10;1-10-7-15(8-11(2)14-10)13-5-3-12(9-16)4-6-13/h3-6H,1-2H3,(H3,16,17)(H2,18,19);3-6,9-11,14H,7-8H2,1-2H3. The van der Waals surface area contributed by atoms with Gasteiger partial charge in [-0.2, -0.15) is 0 Å². The molecule has 37 heavy (non-hydrogen) atoms. The number of aldehydes is 1. The lowest BCUT2D eigenvalue weighted by Gasteiger charge is -2.37. The summed E-state index contributed by atoms with van der Waals surface area (Å²) in [4.78, 5) is 17.2. The van der Waals surface area contributed by atoms with E-state index in [0.717, 1.165) is 24.9 Å². The Hall–Kier alpha value is -3.82. The molecule has 1 aliphatic heterocycles. The molecule has 10 heteroatoms. The summed E-state index contributed by atoms with van der Waals surface area (Å²) in [6, 6.07) is 15.5. The summed E-state index contributed by atoms with van der Waals surface area (Å²) in [6.07, 6.45) is 0.882. The number of rotatable bonds is 6. The Bertz CT molecular complexity index is 1240. The molecular weight excluding hydrogens is 492 g/mol. The van der Waals surface area contributed by atoms with Crippen LogP contribution in [0.3, 0.4) is 0 Å². The number of halogens is 1. The van der Waals surface area contributed by atoms with Gasteiger partial charge in [0.05, 0.1) is 30.5 Å². The molecule has 6 N–H and O–H groups in total. The second kappa shape index (κ2) is 12.4. The van der Waals surface area contributed by atoms with Crippen LogP contribution in [0.25, 0.3) is 11.3 Å². The van der Waals surface area contributed by atoms with Crippen molar-refractivity contribution in [2.24, 2.45) is 5.73 Å². The number of nitrogen functional groups attached to an aromatic ring is 2. The Kier molecular flexibility index (Phi) is 9.32. The molecule has 2 aromatic carbocycles. The third-order valence-electron chi connectivity index (χ3n) is 5.91. The van der Waals surface area contributed by atoms with Crippen LogP contribution in [-0.4, -0.2) is 56.5 Å². The van der Waals surface area contributed by atoms with Crippen molar-refractivity contribution < 1.29 is 14.3 Å². The van der Waals surface area contributed by atoms with Gasteiger partial charge in [-0.15, -0.1) is 0 Å². The highest BCUT2D eigenvalue weighted by atomic mass is 35.5. The molecule has 196 valence electrons. The Morgan fingerprint density at radius 1 is 1.11 bits per heavy atom. The first-order valence-electron chi connectivity index (χ1n) is 11.8. The first-order valence-corrected chi connectivity index (χ1v) is 12.1. The van der Waals surface area contributed by atoms with Crippen molar-refractivity contribution >= 4 is 35.2 Å². The first-order chi connectivity index (χ1) is 17.7. The third-order valence-corrected chi connectivity index (χ3v) is 6.30. The minimum absolute atomic E-state index is 0.138. The van der Waals surface area contributed by atoms with E-state index in [1.807, 2.05) is 24.3 Å². The highest BCUT2D eigenvalue weighted by molar-refractivity contribution is 6.34. The van der Waals surface area contributed by atoms with Crippen LogP contribution >= 0.6 is 11.6 Å². The van der Waals surface area contributed by atoms with Crippen molar-refractivity contribution in [3.05, 3.63) is 64.7 Å². The summed E-state index contributed by atoms with van der Waals surface area (Å²) in [6.45, 7) is 6.43. The average molecular weight is 525 g/mol. The number of aromatic nitrogens is 1. The van der Waals surface area contributed by atoms with Crippen LogP contribution in [0.5, 0.6) is 11.5 Å². The Balaban J connectivity index is 0.000000213. The van der Waals surface area contributed by atoms with Gasteiger partial charge >= 0.3 is 0 Å². The minimum atomic E-state index is -0.138. The maximum atomic E-state index is 10.6. The summed E-state index contributed by atoms with van der Waals surface area (Å²) in [5, 5.41) is 11.3. The number of hydrogen-bond acceptors (Lipinski definition) is 8. The largest absolute Gasteiger partial charge is 0.497 e. The molecule has 0 saturated carbocycles. The van der Waals surface area contributed by atoms with Gasteiger partial charge in [0, 0.05) is 48.1 Å². The van der Waals surface area contributed by atoms with E-state index >= 15 is 0 Å². The number of nitrogens with one attached hydrogen (secondary N) is 2. The molecule has 0 amide bonds. The van der Waals surface area contributed by atoms with Gasteiger partial charge < -0.3 is 31.2 Å². The number of amidine groups is 1. The van der Waals surface area contributed by atoms with Crippen LogP contribution in [-0.2, 0) is 0 Å². The maximum Gasteiger partial charge on any atom is 0.150 e. The lowest BCUT2D eigenvalue weighted by Crippen LogP contribution is -2.54. The molecular formula is C27H33ClN6O3. The van der Waals surface area contributed by atoms with Crippen molar-refractivity contribution in [1.29, 1.82) is 5.41 Å². The predicted molar refractivity (Wildman–Crippen MR) is 149 cm³/mol. The molecule has 2 heterocycles. The molecule has 1 aromatic heterocycles. The second-order valence-corrected chi connectivity index (χ2v) is 9.20. The molecule has 1 aliphatic rings. The summed E-state index contributed by atoms with van der Waals surface area (Å²) in [7, 11) is 3.07. The summed E-state index contributed by atoms with van der Waals surface area (Å²) >= 11 is 6.30. The third kappa shape index (κ3) is 6.90. The number of hydrogen-bond donors (Lipinski definition) is 4. The number of nitrogens with zero attached hydrogens (tertiary/aromatic N) is 2. The van der Waals surface area contributed by atoms with Crippen molar-refractivity contribution in [3.63, 3.8) is 0 Å². The molecule has 0 bridgehead atoms. The van der Waals surface area contributed by atoms with Gasteiger partial charge in [0.25, 0.3) is 0 Å². The van der Waals surface area contributed by atoms with Crippen LogP contribution in [0.15, 0.2) is 48.5 Å². The molecule has 3 aromatic rings. The van der Waals surface area contributed by atoms with Gasteiger partial charge in [-0.25, -0.2) is 4.98 Å². The number of ether oxygens (including phenoxy) is 2. The number of pyridine rings is 1. The van der Waals surface area contributed by atoms with E-state index in [0.29, 0.717) is 45.4 Å². The molecule has 1 saturated heterocycles. The van der Waals surface area contributed by atoms with Crippen LogP contribution in [0.2, 0.25) is 5.02 Å².